The molecule has 2 unspecified atom stereocenters. The predicted molar refractivity (Wildman–Crippen MR) is 82.8 cm³/mol. The molecule has 0 radical (unpaired) electrons. The lowest BCUT2D eigenvalue weighted by atomic mass is 9.80. The summed E-state index contributed by atoms with van der Waals surface area (Å²) < 4.78 is 5.92. The average Bonchev–Trinajstić information content (AvgIpc) is 2.36. The van der Waals surface area contributed by atoms with Crippen molar-refractivity contribution in [1.82, 2.24) is 14.9 Å². The van der Waals surface area contributed by atoms with Crippen molar-refractivity contribution < 1.29 is 14.6 Å². The summed E-state index contributed by atoms with van der Waals surface area (Å²) in [5.41, 5.74) is 5.55. The van der Waals surface area contributed by atoms with Crippen LogP contribution in [0.5, 0.6) is 5.88 Å². The van der Waals surface area contributed by atoms with Crippen LogP contribution in [0.3, 0.4) is 0 Å². The molecular formula is C15H24N4O3. The van der Waals surface area contributed by atoms with Gasteiger partial charge in [-0.25, -0.2) is 9.78 Å². The molecule has 1 aliphatic rings. The summed E-state index contributed by atoms with van der Waals surface area (Å²) in [5, 5.41) is 9.37. The van der Waals surface area contributed by atoms with Crippen LogP contribution in [0.15, 0.2) is 6.07 Å². The fourth-order valence-electron chi connectivity index (χ4n) is 2.88. The molecule has 1 aromatic heterocycles. The lowest BCUT2D eigenvalue weighted by molar-refractivity contribution is 0.0116. The third-order valence-corrected chi connectivity index (χ3v) is 3.92. The molecule has 2 heterocycles. The van der Waals surface area contributed by atoms with Crippen LogP contribution in [0.4, 0.5) is 10.6 Å². The number of carbonyl (C=O) groups is 1. The van der Waals surface area contributed by atoms with Gasteiger partial charge in [-0.1, -0.05) is 20.8 Å². The number of aromatic nitrogens is 2. The Bertz CT molecular complexity index is 536. The minimum atomic E-state index is -0.875. The van der Waals surface area contributed by atoms with Crippen molar-refractivity contribution in [2.24, 2.45) is 5.41 Å². The smallest absolute Gasteiger partial charge is 0.407 e. The van der Waals surface area contributed by atoms with Crippen molar-refractivity contribution in [3.05, 3.63) is 11.9 Å². The number of ether oxygens (including phenoxy) is 1. The van der Waals surface area contributed by atoms with Crippen LogP contribution >= 0.6 is 0 Å². The Balaban J connectivity index is 2.12. The Morgan fingerprint density at radius 2 is 2.14 bits per heavy atom. The van der Waals surface area contributed by atoms with Gasteiger partial charge in [-0.05, 0) is 12.3 Å². The second-order valence-corrected chi connectivity index (χ2v) is 6.80. The second kappa shape index (κ2) is 5.98. The van der Waals surface area contributed by atoms with Gasteiger partial charge >= 0.3 is 6.09 Å². The van der Waals surface area contributed by atoms with E-state index in [1.165, 1.54) is 4.90 Å². The summed E-state index contributed by atoms with van der Waals surface area (Å²) >= 11 is 0. The van der Waals surface area contributed by atoms with Gasteiger partial charge in [-0.3, -0.25) is 0 Å². The van der Waals surface area contributed by atoms with Gasteiger partial charge in [0.25, 0.3) is 0 Å². The first-order valence-corrected chi connectivity index (χ1v) is 7.44. The largest absolute Gasteiger partial charge is 0.474 e. The van der Waals surface area contributed by atoms with Crippen molar-refractivity contribution in [3.63, 3.8) is 0 Å². The highest BCUT2D eigenvalue weighted by atomic mass is 16.5. The van der Waals surface area contributed by atoms with Crippen molar-refractivity contribution in [1.29, 1.82) is 0 Å². The first-order valence-electron chi connectivity index (χ1n) is 7.44. The Labute approximate surface area is 130 Å². The summed E-state index contributed by atoms with van der Waals surface area (Å²) in [6.07, 6.45) is 0.328. The summed E-state index contributed by atoms with van der Waals surface area (Å²) in [6.45, 7) is 8.35. The van der Waals surface area contributed by atoms with Crippen LogP contribution in [-0.4, -0.2) is 44.8 Å². The SMILES string of the molecule is Cc1nc(N)cc(OC2CCN(C(=O)O)C(C(C)(C)C)C2)n1. The molecule has 122 valence electrons. The summed E-state index contributed by atoms with van der Waals surface area (Å²) in [6, 6.07) is 1.51. The Kier molecular flexibility index (Phi) is 4.44. The number of likely N-dealkylation sites (tertiary alicyclic amines) is 1. The van der Waals surface area contributed by atoms with E-state index in [1.807, 2.05) is 20.8 Å². The minimum absolute atomic E-state index is 0.0754. The molecule has 7 heteroatoms. The highest BCUT2D eigenvalue weighted by Gasteiger charge is 2.39. The topological polar surface area (TPSA) is 102 Å². The molecule has 0 saturated carbocycles. The van der Waals surface area contributed by atoms with E-state index in [2.05, 4.69) is 9.97 Å². The number of rotatable bonds is 2. The maximum Gasteiger partial charge on any atom is 0.407 e. The fraction of sp³-hybridized carbons (Fsp3) is 0.667. The quantitative estimate of drug-likeness (QED) is 0.869. The van der Waals surface area contributed by atoms with E-state index < -0.39 is 6.09 Å². The van der Waals surface area contributed by atoms with E-state index in [-0.39, 0.29) is 17.6 Å². The van der Waals surface area contributed by atoms with E-state index in [1.54, 1.807) is 13.0 Å². The number of nitrogens with two attached hydrogens (primary N) is 1. The van der Waals surface area contributed by atoms with Crippen LogP contribution in [0, 0.1) is 12.3 Å². The van der Waals surface area contributed by atoms with E-state index in [9.17, 15) is 9.90 Å². The van der Waals surface area contributed by atoms with Gasteiger partial charge in [-0.2, -0.15) is 4.98 Å². The van der Waals surface area contributed by atoms with Gasteiger partial charge in [0.05, 0.1) is 0 Å². The van der Waals surface area contributed by atoms with Crippen LogP contribution in [0.1, 0.15) is 39.4 Å². The third-order valence-electron chi connectivity index (χ3n) is 3.92. The standard InChI is InChI=1S/C15H24N4O3/c1-9-17-12(16)8-13(18-9)22-10-5-6-19(14(20)21)11(7-10)15(2,3)4/h8,10-11H,5-7H2,1-4H3,(H,20,21)(H2,16,17,18). The van der Waals surface area contributed by atoms with Crippen LogP contribution < -0.4 is 10.5 Å². The molecule has 0 bridgehead atoms. The lowest BCUT2D eigenvalue weighted by Crippen LogP contribution is -2.53. The molecular weight excluding hydrogens is 284 g/mol. The van der Waals surface area contributed by atoms with E-state index in [0.29, 0.717) is 36.9 Å². The molecule has 0 aliphatic carbocycles. The molecule has 1 saturated heterocycles. The number of amides is 1. The first-order chi connectivity index (χ1) is 10.2. The maximum absolute atomic E-state index is 11.4. The number of hydrogen-bond donors (Lipinski definition) is 2. The van der Waals surface area contributed by atoms with Gasteiger partial charge in [0.1, 0.15) is 17.7 Å². The second-order valence-electron chi connectivity index (χ2n) is 6.80. The van der Waals surface area contributed by atoms with E-state index in [4.69, 9.17) is 10.5 Å². The number of anilines is 1. The maximum atomic E-state index is 11.4. The van der Waals surface area contributed by atoms with Crippen molar-refractivity contribution in [2.45, 2.75) is 52.7 Å². The average molecular weight is 308 g/mol. The van der Waals surface area contributed by atoms with Crippen molar-refractivity contribution in [2.75, 3.05) is 12.3 Å². The zero-order chi connectivity index (χ0) is 16.5. The van der Waals surface area contributed by atoms with E-state index >= 15 is 0 Å². The van der Waals surface area contributed by atoms with Crippen LogP contribution in [0.25, 0.3) is 0 Å². The van der Waals surface area contributed by atoms with Crippen molar-refractivity contribution >= 4 is 11.9 Å². The van der Waals surface area contributed by atoms with Gasteiger partial charge in [-0.15, -0.1) is 0 Å². The van der Waals surface area contributed by atoms with Gasteiger partial charge in [0.2, 0.25) is 5.88 Å². The van der Waals surface area contributed by atoms with Crippen molar-refractivity contribution in [3.8, 4) is 5.88 Å². The van der Waals surface area contributed by atoms with Gasteiger partial charge in [0.15, 0.2) is 0 Å². The Morgan fingerprint density at radius 1 is 1.45 bits per heavy atom. The lowest BCUT2D eigenvalue weighted by Gasteiger charge is -2.44. The van der Waals surface area contributed by atoms with Crippen LogP contribution in [0.2, 0.25) is 0 Å². The minimum Gasteiger partial charge on any atom is -0.474 e. The van der Waals surface area contributed by atoms with E-state index in [0.717, 1.165) is 0 Å². The molecule has 2 rings (SSSR count). The zero-order valence-corrected chi connectivity index (χ0v) is 13.5. The zero-order valence-electron chi connectivity index (χ0n) is 13.5. The number of piperidine rings is 1. The summed E-state index contributed by atoms with van der Waals surface area (Å²) in [4.78, 5) is 21.2. The summed E-state index contributed by atoms with van der Waals surface area (Å²) in [5.74, 6) is 1.38. The molecule has 2 atom stereocenters. The fourth-order valence-corrected chi connectivity index (χ4v) is 2.88. The highest BCUT2D eigenvalue weighted by molar-refractivity contribution is 5.65. The Hall–Kier alpha value is -2.05. The monoisotopic (exact) mass is 308 g/mol. The molecule has 1 amide bonds. The number of hydrogen-bond acceptors (Lipinski definition) is 5. The number of carboxylic acid groups (broad SMARTS) is 1. The van der Waals surface area contributed by atoms with Gasteiger partial charge < -0.3 is 20.5 Å². The molecule has 3 N–H and O–H groups in total. The van der Waals surface area contributed by atoms with Crippen LogP contribution in [-0.2, 0) is 0 Å². The normalized spacial score (nSPS) is 22.5. The number of aryl methyl sites for hydroxylation is 1. The highest BCUT2D eigenvalue weighted by Crippen LogP contribution is 2.33. The molecule has 1 fully saturated rings. The Morgan fingerprint density at radius 3 is 2.68 bits per heavy atom. The number of nitrogen functional groups attached to an aromatic ring is 1. The molecule has 1 aromatic rings. The van der Waals surface area contributed by atoms with Gasteiger partial charge in [0, 0.05) is 31.5 Å². The molecule has 0 spiro atoms. The first kappa shape index (κ1) is 16.3. The molecule has 22 heavy (non-hydrogen) atoms. The summed E-state index contributed by atoms with van der Waals surface area (Å²) in [7, 11) is 0. The third kappa shape index (κ3) is 3.78. The molecule has 7 nitrogen and oxygen atoms in total. The molecule has 0 aromatic carbocycles. The molecule has 1 aliphatic heterocycles. The number of nitrogens with zero attached hydrogens (tertiary/aromatic N) is 3. The predicted octanol–water partition coefficient (Wildman–Crippen LogP) is 2.30.